The van der Waals surface area contributed by atoms with Crippen LogP contribution in [0.25, 0.3) is 22.4 Å². The molecule has 2 nitrogen and oxygen atoms in total. The molecule has 19 heavy (non-hydrogen) atoms. The minimum Gasteiger partial charge on any atom is -0.508 e. The van der Waals surface area contributed by atoms with Gasteiger partial charge in [0.2, 0.25) is 5.52 Å². The maximum atomic E-state index is 9.26. The predicted molar refractivity (Wildman–Crippen MR) is 80.0 cm³/mol. The molecule has 0 bridgehead atoms. The number of fused-ring (bicyclic) bond motifs is 1. The van der Waals surface area contributed by atoms with E-state index in [0.717, 1.165) is 5.56 Å². The Hall–Kier alpha value is -2.13. The van der Waals surface area contributed by atoms with E-state index in [0.29, 0.717) is 5.75 Å². The highest BCUT2D eigenvalue weighted by atomic mass is 32.1. The summed E-state index contributed by atoms with van der Waals surface area (Å²) >= 11 is 1.77. The molecule has 0 saturated carbocycles. The molecule has 1 aromatic heterocycles. The molecular formula is C16H14NOS+. The second-order valence-electron chi connectivity index (χ2n) is 4.39. The number of benzene rings is 2. The Morgan fingerprint density at radius 1 is 1.00 bits per heavy atom. The van der Waals surface area contributed by atoms with Crippen molar-refractivity contribution < 1.29 is 9.67 Å². The minimum atomic E-state index is 0.296. The second-order valence-corrected chi connectivity index (χ2v) is 5.45. The van der Waals surface area contributed by atoms with E-state index < -0.39 is 0 Å². The Bertz CT molecular complexity index is 741. The lowest BCUT2D eigenvalue weighted by molar-refractivity contribution is -0.642. The molecule has 0 spiro atoms. The van der Waals surface area contributed by atoms with E-state index in [1.165, 1.54) is 15.2 Å². The van der Waals surface area contributed by atoms with Gasteiger partial charge in [0.15, 0.2) is 0 Å². The number of thiazole rings is 1. The number of para-hydroxylation sites is 1. The molecule has 0 aliphatic rings. The molecule has 0 amide bonds. The van der Waals surface area contributed by atoms with Gasteiger partial charge < -0.3 is 5.11 Å². The monoisotopic (exact) mass is 268 g/mol. The van der Waals surface area contributed by atoms with Crippen LogP contribution in [-0.4, -0.2) is 5.11 Å². The second kappa shape index (κ2) is 4.86. The van der Waals surface area contributed by atoms with Crippen molar-refractivity contribution in [2.24, 2.45) is 7.05 Å². The lowest BCUT2D eigenvalue weighted by atomic mass is 10.2. The van der Waals surface area contributed by atoms with Crippen molar-refractivity contribution >= 4 is 33.7 Å². The van der Waals surface area contributed by atoms with Gasteiger partial charge in [-0.3, -0.25) is 0 Å². The van der Waals surface area contributed by atoms with Gasteiger partial charge in [-0.05, 0) is 29.8 Å². The number of aromatic hydroxyl groups is 1. The first-order valence-electron chi connectivity index (χ1n) is 6.09. The molecule has 2 aromatic carbocycles. The lowest BCUT2D eigenvalue weighted by Gasteiger charge is -1.92. The first-order chi connectivity index (χ1) is 9.24. The first-order valence-corrected chi connectivity index (χ1v) is 6.90. The average Bonchev–Trinajstić information content (AvgIpc) is 2.76. The third-order valence-electron chi connectivity index (χ3n) is 3.08. The summed E-state index contributed by atoms with van der Waals surface area (Å²) in [5, 5.41) is 10.5. The van der Waals surface area contributed by atoms with Gasteiger partial charge in [0.05, 0.1) is 0 Å². The van der Waals surface area contributed by atoms with Crippen LogP contribution in [0.3, 0.4) is 0 Å². The fourth-order valence-corrected chi connectivity index (χ4v) is 3.07. The third-order valence-corrected chi connectivity index (χ3v) is 4.27. The molecule has 0 unspecified atom stereocenters. The van der Waals surface area contributed by atoms with E-state index in [9.17, 15) is 5.11 Å². The van der Waals surface area contributed by atoms with Crippen LogP contribution < -0.4 is 4.57 Å². The Morgan fingerprint density at radius 2 is 1.74 bits per heavy atom. The number of aromatic nitrogens is 1. The fourth-order valence-electron chi connectivity index (χ4n) is 2.02. The Kier molecular flexibility index (Phi) is 3.05. The molecule has 1 heterocycles. The van der Waals surface area contributed by atoms with Crippen LogP contribution >= 0.6 is 11.3 Å². The van der Waals surface area contributed by atoms with Crippen molar-refractivity contribution in [2.75, 3.05) is 0 Å². The van der Waals surface area contributed by atoms with Crippen LogP contribution in [0.2, 0.25) is 0 Å². The van der Waals surface area contributed by atoms with Crippen molar-refractivity contribution in [3.05, 3.63) is 59.1 Å². The summed E-state index contributed by atoms with van der Waals surface area (Å²) in [6, 6.07) is 15.6. The number of phenolic OH excluding ortho intramolecular Hbond substituents is 1. The standard InChI is InChI=1S/C16H13NOS/c1-17-14-4-2-3-5-15(14)19-16(17)11-8-12-6-9-13(18)10-7-12/h2-11H,1H3/p+1. The summed E-state index contributed by atoms with van der Waals surface area (Å²) < 4.78 is 3.48. The number of phenols is 1. The van der Waals surface area contributed by atoms with Crippen LogP contribution in [0.4, 0.5) is 0 Å². The van der Waals surface area contributed by atoms with Gasteiger partial charge in [0.25, 0.3) is 5.01 Å². The van der Waals surface area contributed by atoms with Gasteiger partial charge in [0.1, 0.15) is 17.5 Å². The summed E-state index contributed by atoms with van der Waals surface area (Å²) in [7, 11) is 2.08. The normalized spacial score (nSPS) is 11.4. The van der Waals surface area contributed by atoms with E-state index in [1.807, 2.05) is 12.1 Å². The summed E-state index contributed by atoms with van der Waals surface area (Å²) in [6.07, 6.45) is 4.17. The molecule has 3 heteroatoms. The molecule has 0 radical (unpaired) electrons. The lowest BCUT2D eigenvalue weighted by Crippen LogP contribution is -2.28. The molecule has 0 fully saturated rings. The van der Waals surface area contributed by atoms with Crippen molar-refractivity contribution in [3.63, 3.8) is 0 Å². The molecule has 3 aromatic rings. The van der Waals surface area contributed by atoms with Gasteiger partial charge in [-0.25, -0.2) is 0 Å². The van der Waals surface area contributed by atoms with Crippen LogP contribution in [0.1, 0.15) is 10.6 Å². The Morgan fingerprint density at radius 3 is 2.47 bits per heavy atom. The van der Waals surface area contributed by atoms with Gasteiger partial charge in [-0.2, -0.15) is 4.57 Å². The number of aryl methyl sites for hydroxylation is 1. The molecule has 0 aliphatic carbocycles. The zero-order valence-corrected chi connectivity index (χ0v) is 11.4. The fraction of sp³-hybridized carbons (Fsp3) is 0.0625. The molecule has 0 aliphatic heterocycles. The molecular weight excluding hydrogens is 254 g/mol. The van der Waals surface area contributed by atoms with Crippen LogP contribution in [-0.2, 0) is 7.05 Å². The van der Waals surface area contributed by atoms with Crippen LogP contribution in [0, 0.1) is 0 Å². The third kappa shape index (κ3) is 2.37. The molecule has 1 N–H and O–H groups in total. The Balaban J connectivity index is 1.97. The van der Waals surface area contributed by atoms with Crippen molar-refractivity contribution in [1.29, 1.82) is 0 Å². The number of nitrogens with zero attached hydrogens (tertiary/aromatic N) is 1. The predicted octanol–water partition coefficient (Wildman–Crippen LogP) is 3.60. The molecule has 0 atom stereocenters. The van der Waals surface area contributed by atoms with Crippen molar-refractivity contribution in [1.82, 2.24) is 0 Å². The zero-order chi connectivity index (χ0) is 13.2. The maximum absolute atomic E-state index is 9.26. The summed E-state index contributed by atoms with van der Waals surface area (Å²) in [5.74, 6) is 0.296. The highest BCUT2D eigenvalue weighted by Gasteiger charge is 2.12. The topological polar surface area (TPSA) is 24.1 Å². The number of hydrogen-bond acceptors (Lipinski definition) is 2. The van der Waals surface area contributed by atoms with Crippen molar-refractivity contribution in [2.45, 2.75) is 0 Å². The molecule has 94 valence electrons. The number of hydrogen-bond donors (Lipinski definition) is 1. The average molecular weight is 268 g/mol. The quantitative estimate of drug-likeness (QED) is 0.705. The zero-order valence-electron chi connectivity index (χ0n) is 10.6. The van der Waals surface area contributed by atoms with E-state index >= 15 is 0 Å². The smallest absolute Gasteiger partial charge is 0.262 e. The van der Waals surface area contributed by atoms with Gasteiger partial charge in [0, 0.05) is 12.1 Å². The maximum Gasteiger partial charge on any atom is 0.262 e. The van der Waals surface area contributed by atoms with E-state index in [-0.39, 0.29) is 0 Å². The highest BCUT2D eigenvalue weighted by molar-refractivity contribution is 7.18. The van der Waals surface area contributed by atoms with E-state index in [1.54, 1.807) is 23.5 Å². The van der Waals surface area contributed by atoms with Gasteiger partial charge >= 0.3 is 0 Å². The summed E-state index contributed by atoms with van der Waals surface area (Å²) in [4.78, 5) is 0. The summed E-state index contributed by atoms with van der Waals surface area (Å²) in [5.41, 5.74) is 2.33. The summed E-state index contributed by atoms with van der Waals surface area (Å²) in [6.45, 7) is 0. The van der Waals surface area contributed by atoms with Crippen molar-refractivity contribution in [3.8, 4) is 5.75 Å². The molecule has 0 saturated heterocycles. The Labute approximate surface area is 115 Å². The minimum absolute atomic E-state index is 0.296. The van der Waals surface area contributed by atoms with Crippen LogP contribution in [0.5, 0.6) is 5.75 Å². The van der Waals surface area contributed by atoms with Gasteiger partial charge in [-0.15, -0.1) is 0 Å². The van der Waals surface area contributed by atoms with Gasteiger partial charge in [-0.1, -0.05) is 35.6 Å². The molecule has 3 rings (SSSR count). The largest absolute Gasteiger partial charge is 0.508 e. The highest BCUT2D eigenvalue weighted by Crippen LogP contribution is 2.21. The first kappa shape index (κ1) is 11.9. The van der Waals surface area contributed by atoms with E-state index in [4.69, 9.17) is 0 Å². The van der Waals surface area contributed by atoms with Crippen LogP contribution in [0.15, 0.2) is 48.5 Å². The number of rotatable bonds is 2. The van der Waals surface area contributed by atoms with E-state index in [2.05, 4.69) is 48.0 Å². The SMILES string of the molecule is C[n+]1c(/C=C/c2ccc(O)cc2)sc2ccccc21.